The fraction of sp³-hybridized carbons (Fsp3) is 1.00. The van der Waals surface area contributed by atoms with Gasteiger partial charge in [0.2, 0.25) is 0 Å². The summed E-state index contributed by atoms with van der Waals surface area (Å²) < 4.78 is 31.9. The summed E-state index contributed by atoms with van der Waals surface area (Å²) in [6, 6.07) is 0. The molecule has 13 heavy (non-hydrogen) atoms. The van der Waals surface area contributed by atoms with Gasteiger partial charge in [0, 0.05) is 42.6 Å². The van der Waals surface area contributed by atoms with Crippen LogP contribution in [-0.2, 0) is 14.9 Å². The molecule has 0 spiro atoms. The third kappa shape index (κ3) is 15.6. The van der Waals surface area contributed by atoms with Gasteiger partial charge in [-0.1, -0.05) is 0 Å². The van der Waals surface area contributed by atoms with Gasteiger partial charge in [-0.15, -0.1) is 0 Å². The SMILES string of the molecule is C1COCCN1.CCS(=O)(=O)O.[Na]. The van der Waals surface area contributed by atoms with E-state index >= 15 is 0 Å². The van der Waals surface area contributed by atoms with Crippen molar-refractivity contribution in [3.8, 4) is 0 Å². The molecule has 2 N–H and O–H groups in total. The number of ether oxygens (including phenoxy) is 1. The molecule has 1 aliphatic rings. The molecule has 5 nitrogen and oxygen atoms in total. The Bertz CT molecular complexity index is 179. The molecule has 0 atom stereocenters. The number of hydrogen-bond donors (Lipinski definition) is 2. The summed E-state index contributed by atoms with van der Waals surface area (Å²) in [6.45, 7) is 5.20. The Balaban J connectivity index is 0. The van der Waals surface area contributed by atoms with Crippen LogP contribution < -0.4 is 5.32 Å². The van der Waals surface area contributed by atoms with E-state index in [1.54, 1.807) is 0 Å². The molecular weight excluding hydrogens is 205 g/mol. The average Bonchev–Trinajstić information content (AvgIpc) is 2.07. The fourth-order valence-corrected chi connectivity index (χ4v) is 0.516. The van der Waals surface area contributed by atoms with E-state index in [0.29, 0.717) is 0 Å². The van der Waals surface area contributed by atoms with Crippen LogP contribution in [0.25, 0.3) is 0 Å². The van der Waals surface area contributed by atoms with Gasteiger partial charge in [-0.05, 0) is 6.92 Å². The first kappa shape index (κ1) is 16.3. The summed E-state index contributed by atoms with van der Waals surface area (Å²) in [7, 11) is -3.66. The maximum Gasteiger partial charge on any atom is 0.264 e. The minimum atomic E-state index is -3.66. The largest absolute Gasteiger partial charge is 0.379 e. The van der Waals surface area contributed by atoms with Crippen LogP contribution in [0.2, 0.25) is 0 Å². The standard InChI is InChI=1S/C4H9NO.C2H6O3S.Na/c1-3-6-4-2-5-1;1-2-6(3,4)5;/h5H,1-4H2;2H2,1H3,(H,3,4,5);. The summed E-state index contributed by atoms with van der Waals surface area (Å²) in [5, 5.41) is 3.16. The van der Waals surface area contributed by atoms with Crippen LogP contribution in [0.15, 0.2) is 0 Å². The molecule has 0 saturated carbocycles. The smallest absolute Gasteiger partial charge is 0.264 e. The fourth-order valence-electron chi connectivity index (χ4n) is 0.516. The van der Waals surface area contributed by atoms with E-state index < -0.39 is 10.1 Å². The molecule has 0 aromatic carbocycles. The van der Waals surface area contributed by atoms with Gasteiger partial charge in [0.25, 0.3) is 10.1 Å². The zero-order chi connectivity index (χ0) is 9.45. The Morgan fingerprint density at radius 2 is 1.77 bits per heavy atom. The van der Waals surface area contributed by atoms with Crippen molar-refractivity contribution < 1.29 is 17.7 Å². The van der Waals surface area contributed by atoms with Gasteiger partial charge in [0.15, 0.2) is 0 Å². The molecule has 0 bridgehead atoms. The predicted octanol–water partition coefficient (Wildman–Crippen LogP) is -0.880. The predicted molar refractivity (Wildman–Crippen MR) is 51.5 cm³/mol. The van der Waals surface area contributed by atoms with Crippen LogP contribution in [-0.4, -0.2) is 74.6 Å². The van der Waals surface area contributed by atoms with E-state index in [2.05, 4.69) is 5.32 Å². The normalized spacial score (nSPS) is 16.5. The first-order valence-corrected chi connectivity index (χ1v) is 5.41. The van der Waals surface area contributed by atoms with Crippen LogP contribution in [0.5, 0.6) is 0 Å². The first-order chi connectivity index (χ1) is 5.56. The van der Waals surface area contributed by atoms with E-state index in [1.165, 1.54) is 6.92 Å². The van der Waals surface area contributed by atoms with Gasteiger partial charge in [-0.3, -0.25) is 4.55 Å². The first-order valence-electron chi connectivity index (χ1n) is 3.80. The maximum absolute atomic E-state index is 9.56. The molecule has 0 aromatic rings. The zero-order valence-electron chi connectivity index (χ0n) is 8.12. The third-order valence-corrected chi connectivity index (χ3v) is 1.94. The van der Waals surface area contributed by atoms with E-state index in [-0.39, 0.29) is 35.3 Å². The molecule has 0 aliphatic carbocycles. The molecule has 1 saturated heterocycles. The van der Waals surface area contributed by atoms with E-state index in [9.17, 15) is 8.42 Å². The number of morpholine rings is 1. The quantitative estimate of drug-likeness (QED) is 0.443. The van der Waals surface area contributed by atoms with Crippen molar-refractivity contribution in [3.05, 3.63) is 0 Å². The average molecular weight is 220 g/mol. The maximum atomic E-state index is 9.56. The Morgan fingerprint density at radius 3 is 1.85 bits per heavy atom. The van der Waals surface area contributed by atoms with Gasteiger partial charge in [0.05, 0.1) is 19.0 Å². The van der Waals surface area contributed by atoms with Gasteiger partial charge in [0.1, 0.15) is 0 Å². The molecule has 1 aliphatic heterocycles. The van der Waals surface area contributed by atoms with Crippen LogP contribution in [0, 0.1) is 0 Å². The molecule has 0 aromatic heterocycles. The Morgan fingerprint density at radius 1 is 1.38 bits per heavy atom. The summed E-state index contributed by atoms with van der Waals surface area (Å²) >= 11 is 0. The molecule has 7 heteroatoms. The van der Waals surface area contributed by atoms with Gasteiger partial charge in [-0.25, -0.2) is 0 Å². The summed E-state index contributed by atoms with van der Waals surface area (Å²) in [4.78, 5) is 0. The third-order valence-electron chi connectivity index (χ3n) is 1.21. The molecule has 1 radical (unpaired) electrons. The van der Waals surface area contributed by atoms with E-state index in [0.717, 1.165) is 26.3 Å². The Hall–Kier alpha value is 0.830. The van der Waals surface area contributed by atoms with Crippen molar-refractivity contribution in [2.24, 2.45) is 0 Å². The topological polar surface area (TPSA) is 75.6 Å². The molecule has 1 rings (SSSR count). The van der Waals surface area contributed by atoms with Crippen LogP contribution in [0.4, 0.5) is 0 Å². The molecule has 0 amide bonds. The summed E-state index contributed by atoms with van der Waals surface area (Å²) in [5.74, 6) is -0.201. The molecule has 75 valence electrons. The number of hydrogen-bond acceptors (Lipinski definition) is 4. The van der Waals surface area contributed by atoms with Crippen molar-refractivity contribution in [3.63, 3.8) is 0 Å². The number of rotatable bonds is 1. The molecule has 1 heterocycles. The monoisotopic (exact) mass is 220 g/mol. The van der Waals surface area contributed by atoms with Crippen molar-refractivity contribution in [2.45, 2.75) is 6.92 Å². The molecule has 1 fully saturated rings. The van der Waals surface area contributed by atoms with Crippen molar-refractivity contribution >= 4 is 39.7 Å². The Labute approximate surface area is 101 Å². The Kier molecular flexibility index (Phi) is 11.7. The summed E-state index contributed by atoms with van der Waals surface area (Å²) in [5.41, 5.74) is 0. The van der Waals surface area contributed by atoms with Crippen LogP contribution >= 0.6 is 0 Å². The van der Waals surface area contributed by atoms with Crippen molar-refractivity contribution in [2.75, 3.05) is 32.1 Å². The van der Waals surface area contributed by atoms with Gasteiger partial charge in [-0.2, -0.15) is 8.42 Å². The van der Waals surface area contributed by atoms with Crippen LogP contribution in [0.3, 0.4) is 0 Å². The minimum Gasteiger partial charge on any atom is -0.379 e. The second-order valence-corrected chi connectivity index (χ2v) is 3.97. The van der Waals surface area contributed by atoms with Gasteiger partial charge >= 0.3 is 0 Å². The van der Waals surface area contributed by atoms with Crippen LogP contribution in [0.1, 0.15) is 6.92 Å². The zero-order valence-corrected chi connectivity index (χ0v) is 10.9. The second kappa shape index (κ2) is 9.39. The van der Waals surface area contributed by atoms with E-state index in [1.807, 2.05) is 0 Å². The van der Waals surface area contributed by atoms with Crippen molar-refractivity contribution in [1.29, 1.82) is 0 Å². The van der Waals surface area contributed by atoms with E-state index in [4.69, 9.17) is 9.29 Å². The summed E-state index contributed by atoms with van der Waals surface area (Å²) in [6.07, 6.45) is 0. The molecular formula is C6H15NNaO4S. The second-order valence-electron chi connectivity index (χ2n) is 2.23. The number of nitrogens with one attached hydrogen (secondary N) is 1. The molecule has 0 unspecified atom stereocenters. The van der Waals surface area contributed by atoms with Gasteiger partial charge < -0.3 is 10.1 Å². The van der Waals surface area contributed by atoms with Crippen molar-refractivity contribution in [1.82, 2.24) is 5.32 Å². The minimum absolute atomic E-state index is 0.